The summed E-state index contributed by atoms with van der Waals surface area (Å²) in [6.45, 7) is 2.66. The van der Waals surface area contributed by atoms with Crippen LogP contribution in [-0.2, 0) is 4.79 Å². The number of anilines is 1. The van der Waals surface area contributed by atoms with Gasteiger partial charge >= 0.3 is 0 Å². The molecule has 3 fully saturated rings. The second kappa shape index (κ2) is 6.61. The quantitative estimate of drug-likeness (QED) is 0.755. The molecule has 1 heterocycles. The summed E-state index contributed by atoms with van der Waals surface area (Å²) >= 11 is 6.06. The molecule has 2 aliphatic carbocycles. The highest BCUT2D eigenvalue weighted by molar-refractivity contribution is 6.31. The Labute approximate surface area is 152 Å². The van der Waals surface area contributed by atoms with Gasteiger partial charge in [-0.05, 0) is 74.7 Å². The molecule has 1 aromatic carbocycles. The van der Waals surface area contributed by atoms with E-state index in [0.717, 1.165) is 32.4 Å². The topological polar surface area (TPSA) is 70.2 Å². The van der Waals surface area contributed by atoms with Crippen LogP contribution >= 0.6 is 11.6 Å². The first-order valence-electron chi connectivity index (χ1n) is 9.17. The van der Waals surface area contributed by atoms with Crippen molar-refractivity contribution in [1.29, 1.82) is 0 Å². The van der Waals surface area contributed by atoms with Crippen LogP contribution in [0.4, 0.5) is 5.69 Å². The second-order valence-electron chi connectivity index (χ2n) is 7.70. The maximum Gasteiger partial charge on any atom is 0.253 e. The Kier molecular flexibility index (Phi) is 4.46. The summed E-state index contributed by atoms with van der Waals surface area (Å²) in [7, 11) is 0. The molecule has 2 amide bonds. The first-order valence-corrected chi connectivity index (χ1v) is 9.54. The molecule has 1 spiro atoms. The van der Waals surface area contributed by atoms with Crippen molar-refractivity contribution in [1.82, 2.24) is 10.6 Å². The lowest BCUT2D eigenvalue weighted by Crippen LogP contribution is -2.32. The lowest BCUT2D eigenvalue weighted by atomic mass is 9.91. The molecule has 0 radical (unpaired) electrons. The summed E-state index contributed by atoms with van der Waals surface area (Å²) in [5, 5.41) is 9.77. The number of hydrogen-bond donors (Lipinski definition) is 3. The first-order chi connectivity index (χ1) is 12.1. The van der Waals surface area contributed by atoms with E-state index in [1.807, 2.05) is 0 Å². The molecule has 1 saturated heterocycles. The van der Waals surface area contributed by atoms with E-state index in [2.05, 4.69) is 16.0 Å². The number of hydrogen-bond acceptors (Lipinski definition) is 3. The Balaban J connectivity index is 1.44. The molecule has 6 heteroatoms. The lowest BCUT2D eigenvalue weighted by molar-refractivity contribution is -0.118. The Morgan fingerprint density at radius 3 is 2.72 bits per heavy atom. The van der Waals surface area contributed by atoms with E-state index in [1.165, 1.54) is 12.8 Å². The van der Waals surface area contributed by atoms with Crippen LogP contribution in [0, 0.1) is 17.3 Å². The normalized spacial score (nSPS) is 24.0. The number of carbonyl (C=O) groups is 2. The SMILES string of the molecule is O=C(NCC1CC1)c1cc(Cl)ccc1NC(=O)C1CC12CCNCC2. The van der Waals surface area contributed by atoms with E-state index in [9.17, 15) is 9.59 Å². The van der Waals surface area contributed by atoms with Crippen LogP contribution in [0.25, 0.3) is 0 Å². The van der Waals surface area contributed by atoms with Gasteiger partial charge in [-0.15, -0.1) is 0 Å². The van der Waals surface area contributed by atoms with Crippen LogP contribution in [0.2, 0.25) is 5.02 Å². The van der Waals surface area contributed by atoms with Gasteiger partial charge in [0, 0.05) is 17.5 Å². The zero-order chi connectivity index (χ0) is 17.4. The molecule has 5 nitrogen and oxygen atoms in total. The number of amides is 2. The third kappa shape index (κ3) is 3.67. The van der Waals surface area contributed by atoms with E-state index in [1.54, 1.807) is 18.2 Å². The predicted molar refractivity (Wildman–Crippen MR) is 97.8 cm³/mol. The van der Waals surface area contributed by atoms with Crippen molar-refractivity contribution in [3.8, 4) is 0 Å². The zero-order valence-electron chi connectivity index (χ0n) is 14.2. The van der Waals surface area contributed by atoms with Crippen molar-refractivity contribution in [3.63, 3.8) is 0 Å². The van der Waals surface area contributed by atoms with Crippen molar-refractivity contribution < 1.29 is 9.59 Å². The first kappa shape index (κ1) is 16.9. The molecule has 25 heavy (non-hydrogen) atoms. The molecule has 3 N–H and O–H groups in total. The zero-order valence-corrected chi connectivity index (χ0v) is 15.0. The molecule has 1 aromatic rings. The van der Waals surface area contributed by atoms with E-state index < -0.39 is 0 Å². The molecular formula is C19H24ClN3O2. The second-order valence-corrected chi connectivity index (χ2v) is 8.14. The number of carbonyl (C=O) groups excluding carboxylic acids is 2. The van der Waals surface area contributed by atoms with Crippen LogP contribution in [0.5, 0.6) is 0 Å². The maximum absolute atomic E-state index is 12.7. The Bertz CT molecular complexity index is 696. The number of benzene rings is 1. The average Bonchev–Trinajstić information content (AvgIpc) is 3.52. The molecular weight excluding hydrogens is 338 g/mol. The Morgan fingerprint density at radius 2 is 2.00 bits per heavy atom. The average molecular weight is 362 g/mol. The maximum atomic E-state index is 12.7. The summed E-state index contributed by atoms with van der Waals surface area (Å²) < 4.78 is 0. The van der Waals surface area contributed by atoms with Crippen molar-refractivity contribution in [2.75, 3.05) is 25.0 Å². The molecule has 1 atom stereocenters. The molecule has 134 valence electrons. The van der Waals surface area contributed by atoms with Gasteiger partial charge in [-0.2, -0.15) is 0 Å². The fraction of sp³-hybridized carbons (Fsp3) is 0.579. The van der Waals surface area contributed by atoms with Gasteiger partial charge < -0.3 is 16.0 Å². The Hall–Kier alpha value is -1.59. The molecule has 1 unspecified atom stereocenters. The van der Waals surface area contributed by atoms with E-state index in [0.29, 0.717) is 28.7 Å². The van der Waals surface area contributed by atoms with E-state index in [-0.39, 0.29) is 23.1 Å². The van der Waals surface area contributed by atoms with Crippen LogP contribution in [-0.4, -0.2) is 31.4 Å². The van der Waals surface area contributed by atoms with Crippen molar-refractivity contribution in [2.24, 2.45) is 17.3 Å². The van der Waals surface area contributed by atoms with Crippen molar-refractivity contribution >= 4 is 29.1 Å². The highest BCUT2D eigenvalue weighted by Crippen LogP contribution is 2.58. The summed E-state index contributed by atoms with van der Waals surface area (Å²) in [5.41, 5.74) is 1.18. The summed E-state index contributed by atoms with van der Waals surface area (Å²) in [5.74, 6) is 0.526. The molecule has 2 saturated carbocycles. The third-order valence-corrected chi connectivity index (χ3v) is 6.07. The standard InChI is InChI=1S/C19H24ClN3O2/c20-13-3-4-16(14(9-13)17(24)22-11-12-1-2-12)23-18(25)15-10-19(15)5-7-21-8-6-19/h3-4,9,12,15,21H,1-2,5-8,10-11H2,(H,22,24)(H,23,25). The van der Waals surface area contributed by atoms with Crippen LogP contribution in [0.3, 0.4) is 0 Å². The fourth-order valence-corrected chi connectivity index (χ4v) is 4.06. The van der Waals surface area contributed by atoms with Gasteiger partial charge in [0.15, 0.2) is 0 Å². The highest BCUT2D eigenvalue weighted by atomic mass is 35.5. The fourth-order valence-electron chi connectivity index (χ4n) is 3.88. The lowest BCUT2D eigenvalue weighted by Gasteiger charge is -2.23. The van der Waals surface area contributed by atoms with Crippen LogP contribution in [0.15, 0.2) is 18.2 Å². The summed E-state index contributed by atoms with van der Waals surface area (Å²) in [6, 6.07) is 5.07. The van der Waals surface area contributed by atoms with E-state index >= 15 is 0 Å². The molecule has 1 aliphatic heterocycles. The minimum atomic E-state index is -0.169. The predicted octanol–water partition coefficient (Wildman–Crippen LogP) is 2.81. The van der Waals surface area contributed by atoms with Gasteiger partial charge in [-0.25, -0.2) is 0 Å². The smallest absolute Gasteiger partial charge is 0.253 e. The number of halogens is 1. The Morgan fingerprint density at radius 1 is 1.24 bits per heavy atom. The number of piperidine rings is 1. The largest absolute Gasteiger partial charge is 0.352 e. The van der Waals surface area contributed by atoms with Crippen LogP contribution < -0.4 is 16.0 Å². The molecule has 0 bridgehead atoms. The molecule has 4 rings (SSSR count). The van der Waals surface area contributed by atoms with Gasteiger partial charge in [0.2, 0.25) is 5.91 Å². The summed E-state index contributed by atoms with van der Waals surface area (Å²) in [6.07, 6.45) is 5.42. The third-order valence-electron chi connectivity index (χ3n) is 5.84. The van der Waals surface area contributed by atoms with Crippen molar-refractivity contribution in [3.05, 3.63) is 28.8 Å². The molecule has 3 aliphatic rings. The molecule has 0 aromatic heterocycles. The number of nitrogens with one attached hydrogen (secondary N) is 3. The van der Waals surface area contributed by atoms with Gasteiger partial charge in [0.1, 0.15) is 0 Å². The van der Waals surface area contributed by atoms with Crippen molar-refractivity contribution in [2.45, 2.75) is 32.1 Å². The minimum absolute atomic E-state index is 0.0282. The minimum Gasteiger partial charge on any atom is -0.352 e. The monoisotopic (exact) mass is 361 g/mol. The summed E-state index contributed by atoms with van der Waals surface area (Å²) in [4.78, 5) is 25.2. The van der Waals surface area contributed by atoms with Gasteiger partial charge in [-0.3, -0.25) is 9.59 Å². The van der Waals surface area contributed by atoms with E-state index in [4.69, 9.17) is 11.6 Å². The highest BCUT2D eigenvalue weighted by Gasteiger charge is 2.57. The van der Waals surface area contributed by atoms with Gasteiger partial charge in [-0.1, -0.05) is 11.6 Å². The van der Waals surface area contributed by atoms with Gasteiger partial charge in [0.25, 0.3) is 5.91 Å². The van der Waals surface area contributed by atoms with Crippen LogP contribution in [0.1, 0.15) is 42.5 Å². The number of rotatable bonds is 5. The van der Waals surface area contributed by atoms with Gasteiger partial charge in [0.05, 0.1) is 11.3 Å².